The van der Waals surface area contributed by atoms with Crippen LogP contribution in [0.15, 0.2) is 67.0 Å². The molecule has 1 amide bonds. The Balaban J connectivity index is 1.42. The highest BCUT2D eigenvalue weighted by atomic mass is 16.5. The number of amides is 1. The minimum atomic E-state index is -0.418. The van der Waals surface area contributed by atoms with E-state index in [4.69, 9.17) is 4.74 Å². The minimum Gasteiger partial charge on any atom is -0.480 e. The lowest BCUT2D eigenvalue weighted by atomic mass is 10.0. The highest BCUT2D eigenvalue weighted by Crippen LogP contribution is 2.27. The fourth-order valence-electron chi connectivity index (χ4n) is 3.26. The summed E-state index contributed by atoms with van der Waals surface area (Å²) in [5.41, 5.74) is 3.16. The first kappa shape index (κ1) is 16.4. The molecule has 2 aromatic carbocycles. The summed E-state index contributed by atoms with van der Waals surface area (Å²) in [6, 6.07) is 17.8. The van der Waals surface area contributed by atoms with Gasteiger partial charge in [-0.25, -0.2) is 4.68 Å². The Morgan fingerprint density at radius 1 is 1.19 bits per heavy atom. The number of aryl methyl sites for hydroxylation is 1. The van der Waals surface area contributed by atoms with E-state index in [-0.39, 0.29) is 5.91 Å². The maximum atomic E-state index is 12.8. The largest absolute Gasteiger partial charge is 0.480 e. The van der Waals surface area contributed by atoms with E-state index >= 15 is 0 Å². The van der Waals surface area contributed by atoms with Gasteiger partial charge in [0.1, 0.15) is 5.75 Å². The second kappa shape index (κ2) is 7.04. The normalized spacial score (nSPS) is 15.8. The molecule has 5 nitrogen and oxygen atoms in total. The maximum Gasteiger partial charge on any atom is 0.263 e. The van der Waals surface area contributed by atoms with Crippen molar-refractivity contribution < 1.29 is 9.53 Å². The first-order valence-electron chi connectivity index (χ1n) is 8.79. The van der Waals surface area contributed by atoms with Gasteiger partial charge in [0.15, 0.2) is 6.10 Å². The van der Waals surface area contributed by atoms with Gasteiger partial charge in [-0.05, 0) is 36.6 Å². The summed E-state index contributed by atoms with van der Waals surface area (Å²) in [6.45, 7) is 0.507. The summed E-state index contributed by atoms with van der Waals surface area (Å²) in [5, 5.41) is 4.39. The standard InChI is InChI=1S/C21H21N3O2/c1-23(14-16-13-22-24(15-16)18-8-3-2-4-9-18)21(25)20-12-11-17-7-5-6-10-19(17)26-20/h2-10,13,15,20H,11-12,14H2,1H3/t20-/m0/s1. The zero-order chi connectivity index (χ0) is 17.9. The number of hydrogen-bond acceptors (Lipinski definition) is 3. The Bertz CT molecular complexity index is 904. The molecule has 2 heterocycles. The van der Waals surface area contributed by atoms with Crippen LogP contribution in [0.1, 0.15) is 17.5 Å². The van der Waals surface area contributed by atoms with Crippen molar-refractivity contribution in [2.75, 3.05) is 7.05 Å². The Morgan fingerprint density at radius 2 is 1.96 bits per heavy atom. The van der Waals surface area contributed by atoms with Gasteiger partial charge in [-0.2, -0.15) is 5.10 Å². The van der Waals surface area contributed by atoms with Crippen molar-refractivity contribution in [1.29, 1.82) is 0 Å². The van der Waals surface area contributed by atoms with E-state index in [1.807, 2.05) is 66.5 Å². The van der Waals surface area contributed by atoms with E-state index in [0.717, 1.165) is 23.4 Å². The van der Waals surface area contributed by atoms with Gasteiger partial charge in [0.25, 0.3) is 5.91 Å². The average Bonchev–Trinajstić information content (AvgIpc) is 3.16. The lowest BCUT2D eigenvalue weighted by molar-refractivity contribution is -0.138. The molecule has 0 unspecified atom stereocenters. The van der Waals surface area contributed by atoms with Gasteiger partial charge < -0.3 is 9.64 Å². The molecule has 0 spiro atoms. The van der Waals surface area contributed by atoms with Crippen LogP contribution in [0.2, 0.25) is 0 Å². The molecule has 0 saturated heterocycles. The van der Waals surface area contributed by atoms with Gasteiger partial charge in [0.05, 0.1) is 11.9 Å². The van der Waals surface area contributed by atoms with Crippen molar-refractivity contribution in [3.8, 4) is 11.4 Å². The summed E-state index contributed by atoms with van der Waals surface area (Å²) < 4.78 is 7.74. The smallest absolute Gasteiger partial charge is 0.263 e. The zero-order valence-electron chi connectivity index (χ0n) is 14.7. The van der Waals surface area contributed by atoms with Crippen molar-refractivity contribution in [2.24, 2.45) is 0 Å². The van der Waals surface area contributed by atoms with E-state index < -0.39 is 6.10 Å². The fourth-order valence-corrected chi connectivity index (χ4v) is 3.26. The third-order valence-corrected chi connectivity index (χ3v) is 4.65. The molecule has 3 aromatic rings. The van der Waals surface area contributed by atoms with E-state index in [1.54, 1.807) is 11.1 Å². The third-order valence-electron chi connectivity index (χ3n) is 4.65. The van der Waals surface area contributed by atoms with Crippen LogP contribution in [0.3, 0.4) is 0 Å². The predicted octanol–water partition coefficient (Wildman–Crippen LogP) is 3.22. The molecule has 0 aliphatic carbocycles. The summed E-state index contributed by atoms with van der Waals surface area (Å²) in [6.07, 6.45) is 4.92. The number of fused-ring (bicyclic) bond motifs is 1. The molecule has 1 aliphatic rings. The van der Waals surface area contributed by atoms with Gasteiger partial charge in [0.2, 0.25) is 0 Å². The van der Waals surface area contributed by atoms with E-state index in [2.05, 4.69) is 11.2 Å². The summed E-state index contributed by atoms with van der Waals surface area (Å²) >= 11 is 0. The number of para-hydroxylation sites is 2. The number of nitrogens with zero attached hydrogens (tertiary/aromatic N) is 3. The summed E-state index contributed by atoms with van der Waals surface area (Å²) in [7, 11) is 1.81. The maximum absolute atomic E-state index is 12.8. The minimum absolute atomic E-state index is 0.00645. The number of ether oxygens (including phenoxy) is 1. The van der Waals surface area contributed by atoms with Crippen molar-refractivity contribution >= 4 is 5.91 Å². The molecule has 0 radical (unpaired) electrons. The Kier molecular flexibility index (Phi) is 4.44. The molecular formula is C21H21N3O2. The van der Waals surface area contributed by atoms with Crippen LogP contribution in [0, 0.1) is 0 Å². The molecule has 0 fully saturated rings. The monoisotopic (exact) mass is 347 g/mol. The van der Waals surface area contributed by atoms with Gasteiger partial charge in [-0.15, -0.1) is 0 Å². The van der Waals surface area contributed by atoms with Crippen LogP contribution in [-0.4, -0.2) is 33.7 Å². The van der Waals surface area contributed by atoms with E-state index in [9.17, 15) is 4.79 Å². The van der Waals surface area contributed by atoms with Crippen LogP contribution >= 0.6 is 0 Å². The Hall–Kier alpha value is -3.08. The lowest BCUT2D eigenvalue weighted by Gasteiger charge is -2.28. The second-order valence-corrected chi connectivity index (χ2v) is 6.58. The number of carbonyl (C=O) groups is 1. The molecule has 1 aromatic heterocycles. The summed E-state index contributed by atoms with van der Waals surface area (Å²) in [4.78, 5) is 14.5. The molecule has 5 heteroatoms. The number of benzene rings is 2. The van der Waals surface area contributed by atoms with Crippen molar-refractivity contribution in [1.82, 2.24) is 14.7 Å². The third kappa shape index (κ3) is 3.33. The number of aromatic nitrogens is 2. The molecule has 0 N–H and O–H groups in total. The van der Waals surface area contributed by atoms with Crippen LogP contribution in [0.4, 0.5) is 0 Å². The predicted molar refractivity (Wildman–Crippen MR) is 99.2 cm³/mol. The molecule has 132 valence electrons. The first-order valence-corrected chi connectivity index (χ1v) is 8.79. The number of hydrogen-bond donors (Lipinski definition) is 0. The highest BCUT2D eigenvalue weighted by molar-refractivity contribution is 5.81. The Labute approximate surface area is 152 Å². The van der Waals surface area contributed by atoms with Crippen molar-refractivity contribution in [3.05, 3.63) is 78.1 Å². The number of likely N-dealkylation sites (N-methyl/N-ethyl adjacent to an activating group) is 1. The van der Waals surface area contributed by atoms with E-state index in [0.29, 0.717) is 13.0 Å². The second-order valence-electron chi connectivity index (χ2n) is 6.58. The average molecular weight is 347 g/mol. The lowest BCUT2D eigenvalue weighted by Crippen LogP contribution is -2.41. The summed E-state index contributed by atoms with van der Waals surface area (Å²) in [5.74, 6) is 0.828. The van der Waals surface area contributed by atoms with Gasteiger partial charge in [-0.1, -0.05) is 36.4 Å². The van der Waals surface area contributed by atoms with Crippen molar-refractivity contribution in [3.63, 3.8) is 0 Å². The fraction of sp³-hybridized carbons (Fsp3) is 0.238. The van der Waals surface area contributed by atoms with E-state index in [1.165, 1.54) is 5.56 Å². The first-order chi connectivity index (χ1) is 12.7. The van der Waals surface area contributed by atoms with Gasteiger partial charge in [-0.3, -0.25) is 4.79 Å². The Morgan fingerprint density at radius 3 is 2.81 bits per heavy atom. The van der Waals surface area contributed by atoms with Crippen LogP contribution in [0.5, 0.6) is 5.75 Å². The molecule has 4 rings (SSSR count). The number of carbonyl (C=O) groups excluding carboxylic acids is 1. The number of rotatable bonds is 4. The van der Waals surface area contributed by atoms with Crippen LogP contribution < -0.4 is 4.74 Å². The highest BCUT2D eigenvalue weighted by Gasteiger charge is 2.28. The van der Waals surface area contributed by atoms with Gasteiger partial charge in [0, 0.05) is 25.4 Å². The quantitative estimate of drug-likeness (QED) is 0.728. The molecule has 1 aliphatic heterocycles. The van der Waals surface area contributed by atoms with Gasteiger partial charge >= 0.3 is 0 Å². The molecule has 0 bridgehead atoms. The molecule has 1 atom stereocenters. The molecular weight excluding hydrogens is 326 g/mol. The van der Waals surface area contributed by atoms with Crippen LogP contribution in [0.25, 0.3) is 5.69 Å². The molecule has 26 heavy (non-hydrogen) atoms. The SMILES string of the molecule is CN(Cc1cnn(-c2ccccc2)c1)C(=O)[C@@H]1CCc2ccccc2O1. The zero-order valence-corrected chi connectivity index (χ0v) is 14.7. The molecule has 0 saturated carbocycles. The topological polar surface area (TPSA) is 47.4 Å². The van der Waals surface area contributed by atoms with Crippen LogP contribution in [-0.2, 0) is 17.8 Å². The van der Waals surface area contributed by atoms with Crippen molar-refractivity contribution in [2.45, 2.75) is 25.5 Å².